The van der Waals surface area contributed by atoms with E-state index >= 15 is 0 Å². The summed E-state index contributed by atoms with van der Waals surface area (Å²) in [5, 5.41) is 5.03. The number of urea groups is 1. The molecule has 1 aromatic heterocycles. The molecule has 1 rings (SSSR count). The maximum absolute atomic E-state index is 10.8. The van der Waals surface area contributed by atoms with Gasteiger partial charge in [0.15, 0.2) is 0 Å². The van der Waals surface area contributed by atoms with Crippen LogP contribution >= 0.6 is 11.6 Å². The van der Waals surface area contributed by atoms with Gasteiger partial charge in [0.25, 0.3) is 0 Å². The minimum absolute atomic E-state index is 0.150. The van der Waals surface area contributed by atoms with Gasteiger partial charge in [-0.25, -0.2) is 14.8 Å². The van der Waals surface area contributed by atoms with Crippen molar-refractivity contribution in [1.82, 2.24) is 15.3 Å². The first kappa shape index (κ1) is 8.73. The molecule has 0 radical (unpaired) electrons. The first-order valence-electron chi connectivity index (χ1n) is 3.18. The molecule has 2 N–H and O–H groups in total. The van der Waals surface area contributed by atoms with Gasteiger partial charge in [-0.15, -0.1) is 0 Å². The second kappa shape index (κ2) is 3.87. The fourth-order valence-corrected chi connectivity index (χ4v) is 0.668. The van der Waals surface area contributed by atoms with Crippen LogP contribution < -0.4 is 10.6 Å². The molecular weight excluding hydrogens is 180 g/mol. The molecule has 0 aromatic carbocycles. The quantitative estimate of drug-likeness (QED) is 0.640. The molecule has 0 saturated carbocycles. The summed E-state index contributed by atoms with van der Waals surface area (Å²) in [4.78, 5) is 18.1. The van der Waals surface area contributed by atoms with E-state index in [1.807, 2.05) is 0 Å². The minimum atomic E-state index is -0.319. The van der Waals surface area contributed by atoms with Crippen molar-refractivity contribution in [2.75, 3.05) is 12.4 Å². The Morgan fingerprint density at radius 3 is 2.58 bits per heavy atom. The first-order valence-corrected chi connectivity index (χ1v) is 3.56. The molecule has 12 heavy (non-hydrogen) atoms. The third kappa shape index (κ3) is 2.35. The number of carbonyl (C=O) groups excluding carboxylic acids is 1. The van der Waals surface area contributed by atoms with Crippen LogP contribution in [-0.2, 0) is 0 Å². The summed E-state index contributed by atoms with van der Waals surface area (Å²) >= 11 is 5.43. The number of halogens is 1. The van der Waals surface area contributed by atoms with Gasteiger partial charge in [-0.05, 0) is 11.6 Å². The maximum atomic E-state index is 10.8. The van der Waals surface area contributed by atoms with Crippen LogP contribution in [0.5, 0.6) is 0 Å². The monoisotopic (exact) mass is 186 g/mol. The van der Waals surface area contributed by atoms with E-state index in [0.29, 0.717) is 5.69 Å². The van der Waals surface area contributed by atoms with Gasteiger partial charge in [-0.1, -0.05) is 0 Å². The molecule has 0 bridgehead atoms. The predicted molar refractivity (Wildman–Crippen MR) is 45.1 cm³/mol. The van der Waals surface area contributed by atoms with Crippen molar-refractivity contribution < 1.29 is 4.79 Å². The molecule has 1 heterocycles. The number of nitrogens with one attached hydrogen (secondary N) is 2. The molecule has 0 spiro atoms. The SMILES string of the molecule is CNC(=O)Nc1cnc(Cl)nc1. The molecule has 0 aliphatic heterocycles. The van der Waals surface area contributed by atoms with Crippen LogP contribution in [0.1, 0.15) is 0 Å². The number of rotatable bonds is 1. The number of amides is 2. The minimum Gasteiger partial charge on any atom is -0.341 e. The Labute approximate surface area is 74.2 Å². The molecule has 5 nitrogen and oxygen atoms in total. The van der Waals surface area contributed by atoms with Crippen LogP contribution in [0.15, 0.2) is 12.4 Å². The second-order valence-corrected chi connectivity index (χ2v) is 2.28. The standard InChI is InChI=1S/C6H7ClN4O/c1-8-6(12)11-4-2-9-5(7)10-3-4/h2-3H,1H3,(H2,8,11,12). The van der Waals surface area contributed by atoms with Crippen LogP contribution in [0.3, 0.4) is 0 Å². The van der Waals surface area contributed by atoms with Crippen LogP contribution in [0.25, 0.3) is 0 Å². The Morgan fingerprint density at radius 2 is 2.08 bits per heavy atom. The van der Waals surface area contributed by atoms with Crippen molar-refractivity contribution in [2.24, 2.45) is 0 Å². The van der Waals surface area contributed by atoms with Gasteiger partial charge in [-0.2, -0.15) is 0 Å². The molecule has 0 unspecified atom stereocenters. The van der Waals surface area contributed by atoms with Crippen molar-refractivity contribution in [3.8, 4) is 0 Å². The lowest BCUT2D eigenvalue weighted by atomic mass is 10.5. The molecule has 0 aliphatic carbocycles. The Hall–Kier alpha value is -1.36. The van der Waals surface area contributed by atoms with Crippen LogP contribution in [-0.4, -0.2) is 23.0 Å². The van der Waals surface area contributed by atoms with Gasteiger partial charge in [0.2, 0.25) is 5.28 Å². The molecule has 1 aromatic rings. The fourth-order valence-electron chi connectivity index (χ4n) is 0.570. The highest BCUT2D eigenvalue weighted by Crippen LogP contribution is 2.04. The van der Waals surface area contributed by atoms with Crippen LogP contribution in [0, 0.1) is 0 Å². The van der Waals surface area contributed by atoms with E-state index in [0.717, 1.165) is 0 Å². The fraction of sp³-hybridized carbons (Fsp3) is 0.167. The normalized spacial score (nSPS) is 9.17. The van der Waals surface area contributed by atoms with E-state index in [9.17, 15) is 4.79 Å². The molecule has 6 heteroatoms. The third-order valence-electron chi connectivity index (χ3n) is 1.11. The molecule has 0 atom stereocenters. The van der Waals surface area contributed by atoms with Gasteiger partial charge in [0.05, 0.1) is 18.1 Å². The van der Waals surface area contributed by atoms with E-state index in [2.05, 4.69) is 20.6 Å². The van der Waals surface area contributed by atoms with E-state index in [1.54, 1.807) is 0 Å². The first-order chi connectivity index (χ1) is 5.72. The Kier molecular flexibility index (Phi) is 2.82. The zero-order chi connectivity index (χ0) is 8.97. The highest BCUT2D eigenvalue weighted by molar-refractivity contribution is 6.28. The van der Waals surface area contributed by atoms with Crippen molar-refractivity contribution in [3.05, 3.63) is 17.7 Å². The lowest BCUT2D eigenvalue weighted by Gasteiger charge is -2.01. The van der Waals surface area contributed by atoms with Gasteiger partial charge in [0.1, 0.15) is 0 Å². The third-order valence-corrected chi connectivity index (χ3v) is 1.30. The number of hydrogen-bond acceptors (Lipinski definition) is 3. The number of hydrogen-bond donors (Lipinski definition) is 2. The van der Waals surface area contributed by atoms with Gasteiger partial charge >= 0.3 is 6.03 Å². The number of aromatic nitrogens is 2. The summed E-state index contributed by atoms with van der Waals surface area (Å²) in [5.74, 6) is 0. The van der Waals surface area contributed by atoms with Crippen molar-refractivity contribution in [1.29, 1.82) is 0 Å². The van der Waals surface area contributed by atoms with Crippen molar-refractivity contribution in [3.63, 3.8) is 0 Å². The summed E-state index contributed by atoms with van der Waals surface area (Å²) in [6, 6.07) is -0.319. The topological polar surface area (TPSA) is 66.9 Å². The molecular formula is C6H7ClN4O. The molecule has 64 valence electrons. The molecule has 0 aliphatic rings. The number of carbonyl (C=O) groups is 1. The summed E-state index contributed by atoms with van der Waals surface area (Å²) in [6.07, 6.45) is 2.84. The average molecular weight is 187 g/mol. The Bertz CT molecular complexity index is 273. The highest BCUT2D eigenvalue weighted by atomic mass is 35.5. The number of anilines is 1. The molecule has 2 amide bonds. The second-order valence-electron chi connectivity index (χ2n) is 1.94. The number of nitrogens with zero attached hydrogens (tertiary/aromatic N) is 2. The van der Waals surface area contributed by atoms with Gasteiger partial charge in [-0.3, -0.25) is 0 Å². The van der Waals surface area contributed by atoms with E-state index < -0.39 is 0 Å². The summed E-state index contributed by atoms with van der Waals surface area (Å²) in [5.41, 5.74) is 0.499. The lowest BCUT2D eigenvalue weighted by Crippen LogP contribution is -2.24. The largest absolute Gasteiger partial charge is 0.341 e. The summed E-state index contributed by atoms with van der Waals surface area (Å²) in [6.45, 7) is 0. The molecule has 0 fully saturated rings. The predicted octanol–water partition coefficient (Wildman–Crippen LogP) is 0.881. The molecule has 0 saturated heterocycles. The van der Waals surface area contributed by atoms with E-state index in [-0.39, 0.29) is 11.3 Å². The van der Waals surface area contributed by atoms with E-state index in [1.165, 1.54) is 19.4 Å². The maximum Gasteiger partial charge on any atom is 0.319 e. The summed E-state index contributed by atoms with van der Waals surface area (Å²) in [7, 11) is 1.52. The van der Waals surface area contributed by atoms with Gasteiger partial charge < -0.3 is 10.6 Å². The smallest absolute Gasteiger partial charge is 0.319 e. The van der Waals surface area contributed by atoms with E-state index in [4.69, 9.17) is 11.6 Å². The highest BCUT2D eigenvalue weighted by Gasteiger charge is 1.98. The lowest BCUT2D eigenvalue weighted by molar-refractivity contribution is 0.254. The zero-order valence-electron chi connectivity index (χ0n) is 6.34. The van der Waals surface area contributed by atoms with Crippen molar-refractivity contribution in [2.45, 2.75) is 0 Å². The summed E-state index contributed by atoms with van der Waals surface area (Å²) < 4.78 is 0. The average Bonchev–Trinajstić information content (AvgIpc) is 2.09. The Balaban J connectivity index is 2.64. The van der Waals surface area contributed by atoms with Crippen LogP contribution in [0.4, 0.5) is 10.5 Å². The Morgan fingerprint density at radius 1 is 1.50 bits per heavy atom. The zero-order valence-corrected chi connectivity index (χ0v) is 7.09. The van der Waals surface area contributed by atoms with Crippen LogP contribution in [0.2, 0.25) is 5.28 Å². The van der Waals surface area contributed by atoms with Crippen molar-refractivity contribution >= 4 is 23.3 Å². The van der Waals surface area contributed by atoms with Gasteiger partial charge in [0, 0.05) is 7.05 Å².